The Hall–Kier alpha value is -0.580. The van der Waals surface area contributed by atoms with Crippen molar-refractivity contribution in [3.63, 3.8) is 0 Å². The van der Waals surface area contributed by atoms with Crippen LogP contribution in [0.1, 0.15) is 20.8 Å². The Labute approximate surface area is 106 Å². The van der Waals surface area contributed by atoms with Crippen molar-refractivity contribution in [2.45, 2.75) is 20.8 Å². The molecule has 0 radical (unpaired) electrons. The number of hydrogen-bond acceptors (Lipinski definition) is 2. The van der Waals surface area contributed by atoms with Gasteiger partial charge in [-0.3, -0.25) is 4.99 Å². The zero-order valence-corrected chi connectivity index (χ0v) is 11.5. The van der Waals surface area contributed by atoms with E-state index in [1.54, 1.807) is 0 Å². The second-order valence-electron chi connectivity index (χ2n) is 3.83. The molecule has 82 valence electrons. The summed E-state index contributed by atoms with van der Waals surface area (Å²) in [6.07, 6.45) is 1.83. The lowest BCUT2D eigenvalue weighted by atomic mass is 9.79. The first kappa shape index (κ1) is 12.5. The van der Waals surface area contributed by atoms with E-state index in [1.807, 2.05) is 29.1 Å². The van der Waals surface area contributed by atoms with E-state index in [9.17, 15) is 0 Å². The maximum atomic E-state index is 5.39. The standard InChI is InChI=1S/C12H16INO/c1-6-10-8(3)7(2)9(4)12(15-13)11(10)14-5/h6-7,9H,1,5H2,2-4H3. The third-order valence-electron chi connectivity index (χ3n) is 3.21. The molecule has 1 aliphatic carbocycles. The predicted molar refractivity (Wildman–Crippen MR) is 72.9 cm³/mol. The minimum Gasteiger partial charge on any atom is -0.430 e. The molecule has 0 spiro atoms. The van der Waals surface area contributed by atoms with Crippen LogP contribution in [0, 0.1) is 11.8 Å². The predicted octanol–water partition coefficient (Wildman–Crippen LogP) is 4.05. The van der Waals surface area contributed by atoms with Crippen LogP contribution in [0.3, 0.4) is 0 Å². The van der Waals surface area contributed by atoms with Crippen molar-refractivity contribution in [2.24, 2.45) is 16.8 Å². The van der Waals surface area contributed by atoms with E-state index < -0.39 is 0 Å². The van der Waals surface area contributed by atoms with Gasteiger partial charge in [0.1, 0.15) is 11.5 Å². The molecule has 0 amide bonds. The Morgan fingerprint density at radius 3 is 2.40 bits per heavy atom. The molecule has 1 aliphatic rings. The van der Waals surface area contributed by atoms with Gasteiger partial charge < -0.3 is 3.07 Å². The smallest absolute Gasteiger partial charge is 0.192 e. The third kappa shape index (κ3) is 2.02. The quantitative estimate of drug-likeness (QED) is 0.568. The van der Waals surface area contributed by atoms with Gasteiger partial charge in [-0.1, -0.05) is 32.1 Å². The topological polar surface area (TPSA) is 21.6 Å². The zero-order valence-electron chi connectivity index (χ0n) is 9.38. The molecular weight excluding hydrogens is 301 g/mol. The number of rotatable bonds is 3. The van der Waals surface area contributed by atoms with Gasteiger partial charge in [0.15, 0.2) is 23.0 Å². The summed E-state index contributed by atoms with van der Waals surface area (Å²) in [6, 6.07) is 0. The molecule has 0 aliphatic heterocycles. The van der Waals surface area contributed by atoms with Crippen LogP contribution < -0.4 is 0 Å². The summed E-state index contributed by atoms with van der Waals surface area (Å²) in [6.45, 7) is 13.9. The fraction of sp³-hybridized carbons (Fsp3) is 0.417. The van der Waals surface area contributed by atoms with Crippen LogP contribution in [0.15, 0.2) is 40.2 Å². The van der Waals surface area contributed by atoms with Gasteiger partial charge in [-0.2, -0.15) is 0 Å². The summed E-state index contributed by atoms with van der Waals surface area (Å²) in [5.41, 5.74) is 3.20. The van der Waals surface area contributed by atoms with Crippen molar-refractivity contribution in [1.82, 2.24) is 0 Å². The molecular formula is C12H16INO. The van der Waals surface area contributed by atoms with Crippen LogP contribution in [0.25, 0.3) is 0 Å². The third-order valence-corrected chi connectivity index (χ3v) is 3.68. The molecule has 15 heavy (non-hydrogen) atoms. The van der Waals surface area contributed by atoms with E-state index in [1.165, 1.54) is 5.57 Å². The summed E-state index contributed by atoms with van der Waals surface area (Å²) in [5.74, 6) is 1.69. The maximum Gasteiger partial charge on any atom is 0.192 e. The molecule has 1 rings (SSSR count). The van der Waals surface area contributed by atoms with Crippen molar-refractivity contribution >= 4 is 29.7 Å². The van der Waals surface area contributed by atoms with E-state index in [-0.39, 0.29) is 0 Å². The number of hydrogen-bond donors (Lipinski definition) is 0. The van der Waals surface area contributed by atoms with Crippen LogP contribution in [0.4, 0.5) is 0 Å². The summed E-state index contributed by atoms with van der Waals surface area (Å²) in [7, 11) is 0. The Kier molecular flexibility index (Phi) is 4.13. The first-order valence-corrected chi connectivity index (χ1v) is 5.79. The Morgan fingerprint density at radius 1 is 1.40 bits per heavy atom. The van der Waals surface area contributed by atoms with Gasteiger partial charge in [-0.15, -0.1) is 0 Å². The Morgan fingerprint density at radius 2 is 2.00 bits per heavy atom. The molecule has 0 aromatic rings. The maximum absolute atomic E-state index is 5.39. The highest BCUT2D eigenvalue weighted by molar-refractivity contribution is 14.1. The van der Waals surface area contributed by atoms with E-state index in [2.05, 4.69) is 39.1 Å². The molecule has 0 aromatic carbocycles. The van der Waals surface area contributed by atoms with Crippen LogP contribution >= 0.6 is 23.0 Å². The van der Waals surface area contributed by atoms with Crippen molar-refractivity contribution in [3.8, 4) is 0 Å². The highest BCUT2D eigenvalue weighted by atomic mass is 127. The number of nitrogens with zero attached hydrogens (tertiary/aromatic N) is 1. The zero-order chi connectivity index (χ0) is 11.6. The molecule has 3 heteroatoms. The van der Waals surface area contributed by atoms with Gasteiger partial charge in [0.05, 0.1) is 0 Å². The molecule has 0 N–H and O–H groups in total. The van der Waals surface area contributed by atoms with Gasteiger partial charge in [0.25, 0.3) is 0 Å². The molecule has 0 bridgehead atoms. The molecule has 0 saturated carbocycles. The Balaban J connectivity index is 3.39. The van der Waals surface area contributed by atoms with E-state index in [0.717, 1.165) is 17.0 Å². The average Bonchev–Trinajstić information content (AvgIpc) is 2.25. The molecule has 0 saturated heterocycles. The lowest BCUT2D eigenvalue weighted by Crippen LogP contribution is -2.20. The molecule has 0 aromatic heterocycles. The number of halogens is 1. The minimum atomic E-state index is 0.339. The van der Waals surface area contributed by atoms with Gasteiger partial charge >= 0.3 is 0 Å². The number of allylic oxidation sites excluding steroid dienone is 3. The van der Waals surface area contributed by atoms with E-state index in [4.69, 9.17) is 3.07 Å². The van der Waals surface area contributed by atoms with Gasteiger partial charge in [0, 0.05) is 11.5 Å². The fourth-order valence-corrected chi connectivity index (χ4v) is 2.52. The van der Waals surface area contributed by atoms with Crippen LogP contribution in [0.2, 0.25) is 0 Å². The number of aliphatic imine (C=N–C) groups is 1. The monoisotopic (exact) mass is 317 g/mol. The lowest BCUT2D eigenvalue weighted by molar-refractivity contribution is 0.366. The normalized spacial score (nSPS) is 26.7. The van der Waals surface area contributed by atoms with Gasteiger partial charge in [-0.05, 0) is 19.6 Å². The molecule has 2 nitrogen and oxygen atoms in total. The molecule has 0 heterocycles. The van der Waals surface area contributed by atoms with E-state index >= 15 is 0 Å². The lowest BCUT2D eigenvalue weighted by Gasteiger charge is -2.30. The molecule has 0 fully saturated rings. The van der Waals surface area contributed by atoms with Crippen LogP contribution in [0.5, 0.6) is 0 Å². The average molecular weight is 317 g/mol. The van der Waals surface area contributed by atoms with Crippen molar-refractivity contribution < 1.29 is 3.07 Å². The largest absolute Gasteiger partial charge is 0.430 e. The van der Waals surface area contributed by atoms with Crippen LogP contribution in [-0.2, 0) is 3.07 Å². The fourth-order valence-electron chi connectivity index (χ4n) is 1.91. The highest BCUT2D eigenvalue weighted by Crippen LogP contribution is 2.40. The first-order chi connectivity index (χ1) is 7.08. The van der Waals surface area contributed by atoms with Gasteiger partial charge in [0.2, 0.25) is 0 Å². The second-order valence-corrected chi connectivity index (χ2v) is 4.27. The highest BCUT2D eigenvalue weighted by Gasteiger charge is 2.30. The summed E-state index contributed by atoms with van der Waals surface area (Å²) in [4.78, 5) is 4.06. The van der Waals surface area contributed by atoms with E-state index in [0.29, 0.717) is 11.8 Å². The summed E-state index contributed by atoms with van der Waals surface area (Å²) >= 11 is 1.90. The molecule has 2 atom stereocenters. The van der Waals surface area contributed by atoms with Crippen molar-refractivity contribution in [2.75, 3.05) is 0 Å². The van der Waals surface area contributed by atoms with Gasteiger partial charge in [-0.25, -0.2) is 0 Å². The van der Waals surface area contributed by atoms with Crippen molar-refractivity contribution in [3.05, 3.63) is 35.3 Å². The summed E-state index contributed by atoms with van der Waals surface area (Å²) < 4.78 is 5.39. The minimum absolute atomic E-state index is 0.339. The van der Waals surface area contributed by atoms with Crippen molar-refractivity contribution in [1.29, 1.82) is 0 Å². The molecule has 2 unspecified atom stereocenters. The first-order valence-electron chi connectivity index (χ1n) is 4.91. The Bertz CT molecular complexity index is 355. The SMILES string of the molecule is C=CC1=C(C)C(C)C(C)C(OI)=C1N=C. The summed E-state index contributed by atoms with van der Waals surface area (Å²) in [5, 5.41) is 0. The second kappa shape index (κ2) is 4.96. The van der Waals surface area contributed by atoms with Crippen LogP contribution in [-0.4, -0.2) is 6.72 Å².